The summed E-state index contributed by atoms with van der Waals surface area (Å²) in [7, 11) is 2.10. The van der Waals surface area contributed by atoms with E-state index >= 15 is 0 Å². The van der Waals surface area contributed by atoms with Gasteiger partial charge in [-0.15, -0.1) is 0 Å². The highest BCUT2D eigenvalue weighted by Crippen LogP contribution is 2.42. The summed E-state index contributed by atoms with van der Waals surface area (Å²) >= 11 is 0. The van der Waals surface area contributed by atoms with Crippen molar-refractivity contribution in [1.82, 2.24) is 4.90 Å². The first-order valence-corrected chi connectivity index (χ1v) is 8.82. The normalized spacial score (nSPS) is 18.8. The third kappa shape index (κ3) is 1.96. The molecule has 0 radical (unpaired) electrons. The number of phenols is 2. The van der Waals surface area contributed by atoms with Crippen molar-refractivity contribution in [3.63, 3.8) is 0 Å². The Kier molecular flexibility index (Phi) is 3.01. The standard InChI is InChI=1S/C20H20N4O2/c1-24-8-6-20(7-9-24)22-14-10-13(21)15-16(17(14)23-20)19(26)12-5-3-2-4-11(12)18(15)25/h2-5,10,25-26H,6-9,21H2,1H3. The van der Waals surface area contributed by atoms with Gasteiger partial charge in [-0.25, -0.2) is 0 Å². The molecule has 0 amide bonds. The summed E-state index contributed by atoms with van der Waals surface area (Å²) in [5.74, 6) is 0.175. The molecule has 2 heterocycles. The average Bonchev–Trinajstić information content (AvgIpc) is 2.99. The maximum atomic E-state index is 11.0. The van der Waals surface area contributed by atoms with Crippen molar-refractivity contribution in [2.45, 2.75) is 18.5 Å². The second kappa shape index (κ2) is 5.08. The molecule has 3 aromatic rings. The third-order valence-corrected chi connectivity index (χ3v) is 5.66. The first-order chi connectivity index (χ1) is 12.5. The Morgan fingerprint density at radius 2 is 1.62 bits per heavy atom. The average molecular weight is 348 g/mol. The third-order valence-electron chi connectivity index (χ3n) is 5.66. The first kappa shape index (κ1) is 15.4. The summed E-state index contributed by atoms with van der Waals surface area (Å²) in [5.41, 5.74) is 6.17. The Morgan fingerprint density at radius 1 is 1.00 bits per heavy atom. The number of nitrogens with two attached hydrogens (primary N) is 1. The van der Waals surface area contributed by atoms with E-state index in [1.54, 1.807) is 18.2 Å². The monoisotopic (exact) mass is 348 g/mol. The van der Waals surface area contributed by atoms with Gasteiger partial charge in [-0.05, 0) is 13.1 Å². The lowest BCUT2D eigenvalue weighted by atomic mass is 9.98. The lowest BCUT2D eigenvalue weighted by Crippen LogP contribution is -2.39. The van der Waals surface area contributed by atoms with Gasteiger partial charge in [-0.3, -0.25) is 9.98 Å². The molecule has 0 unspecified atom stereocenters. The second-order valence-electron chi connectivity index (χ2n) is 7.34. The van der Waals surface area contributed by atoms with Gasteiger partial charge in [0.15, 0.2) is 5.66 Å². The zero-order chi connectivity index (χ0) is 18.1. The van der Waals surface area contributed by atoms with Crippen molar-refractivity contribution in [2.24, 2.45) is 9.98 Å². The van der Waals surface area contributed by atoms with Crippen LogP contribution >= 0.6 is 0 Å². The van der Waals surface area contributed by atoms with Crippen LogP contribution in [0.15, 0.2) is 40.3 Å². The van der Waals surface area contributed by atoms with Crippen LogP contribution in [0.2, 0.25) is 0 Å². The van der Waals surface area contributed by atoms with Gasteiger partial charge in [0.2, 0.25) is 0 Å². The predicted molar refractivity (Wildman–Crippen MR) is 101 cm³/mol. The lowest BCUT2D eigenvalue weighted by Gasteiger charge is -2.33. The molecule has 6 nitrogen and oxygen atoms in total. The molecule has 0 aromatic heterocycles. The van der Waals surface area contributed by atoms with Crippen LogP contribution in [0.4, 0.5) is 5.69 Å². The van der Waals surface area contributed by atoms with Crippen LogP contribution in [0, 0.1) is 0 Å². The number of fused-ring (bicyclic) bond motifs is 4. The molecule has 3 aromatic carbocycles. The number of aromatic hydroxyl groups is 2. The molecule has 5 rings (SSSR count). The Morgan fingerprint density at radius 3 is 2.27 bits per heavy atom. The minimum absolute atomic E-state index is 0.0771. The fourth-order valence-corrected chi connectivity index (χ4v) is 4.19. The molecule has 1 spiro atoms. The number of phenolic OH excluding ortho intramolecular Hbond substituents is 2. The van der Waals surface area contributed by atoms with E-state index in [-0.39, 0.29) is 11.5 Å². The molecule has 1 fully saturated rings. The molecule has 1 saturated heterocycles. The van der Waals surface area contributed by atoms with Crippen LogP contribution in [-0.4, -0.2) is 40.9 Å². The fraction of sp³-hybridized carbons (Fsp3) is 0.300. The van der Waals surface area contributed by atoms with Gasteiger partial charge in [0.05, 0.1) is 21.5 Å². The Bertz CT molecular complexity index is 1190. The van der Waals surface area contributed by atoms with E-state index in [9.17, 15) is 10.2 Å². The largest absolute Gasteiger partial charge is 0.507 e. The van der Waals surface area contributed by atoms with Crippen molar-refractivity contribution in [3.8, 4) is 11.5 Å². The summed E-state index contributed by atoms with van der Waals surface area (Å²) in [4.78, 5) is 12.1. The van der Waals surface area contributed by atoms with Crippen LogP contribution in [0.1, 0.15) is 12.8 Å². The highest BCUT2D eigenvalue weighted by molar-refractivity contribution is 6.14. The number of hydrogen-bond donors (Lipinski definition) is 3. The molecule has 6 heteroatoms. The number of nitrogens with zero attached hydrogens (tertiary/aromatic N) is 3. The highest BCUT2D eigenvalue weighted by atomic mass is 16.3. The fourth-order valence-electron chi connectivity index (χ4n) is 4.19. The van der Waals surface area contributed by atoms with Gasteiger partial charge < -0.3 is 20.8 Å². The lowest BCUT2D eigenvalue weighted by molar-refractivity contribution is 0.197. The van der Waals surface area contributed by atoms with Crippen LogP contribution in [0.3, 0.4) is 0 Å². The van der Waals surface area contributed by atoms with Crippen LogP contribution in [0.5, 0.6) is 11.5 Å². The molecule has 2 aliphatic rings. The van der Waals surface area contributed by atoms with E-state index in [0.29, 0.717) is 37.9 Å². The minimum atomic E-state index is -0.483. The molecule has 26 heavy (non-hydrogen) atoms. The number of hydrogen-bond acceptors (Lipinski definition) is 6. The Labute approximate surface area is 149 Å². The van der Waals surface area contributed by atoms with Crippen molar-refractivity contribution < 1.29 is 10.2 Å². The van der Waals surface area contributed by atoms with Crippen LogP contribution in [-0.2, 0) is 0 Å². The first-order valence-electron chi connectivity index (χ1n) is 8.82. The number of nitrogen functional groups attached to an aromatic ring is 1. The van der Waals surface area contributed by atoms with E-state index in [1.165, 1.54) is 0 Å². The zero-order valence-electron chi connectivity index (χ0n) is 14.5. The van der Waals surface area contributed by atoms with Gasteiger partial charge in [-0.2, -0.15) is 0 Å². The molecule has 132 valence electrons. The minimum Gasteiger partial charge on any atom is -0.507 e. The van der Waals surface area contributed by atoms with Crippen molar-refractivity contribution in [3.05, 3.63) is 41.0 Å². The number of rotatable bonds is 0. The van der Waals surface area contributed by atoms with Gasteiger partial charge in [-0.1, -0.05) is 24.3 Å². The summed E-state index contributed by atoms with van der Waals surface area (Å²) < 4.78 is 0. The second-order valence-corrected chi connectivity index (χ2v) is 7.34. The molecule has 0 aliphatic carbocycles. The van der Waals surface area contributed by atoms with Gasteiger partial charge >= 0.3 is 0 Å². The molecule has 0 saturated carbocycles. The van der Waals surface area contributed by atoms with E-state index < -0.39 is 5.66 Å². The predicted octanol–water partition coefficient (Wildman–Crippen LogP) is 1.66. The number of anilines is 1. The molecule has 4 N–H and O–H groups in total. The van der Waals surface area contributed by atoms with Crippen LogP contribution in [0.25, 0.3) is 21.5 Å². The SMILES string of the molecule is CN1CCC2(CC1)N=c1cc(N)c3c(O)c4ccccc4c(O)c3c1=N2. The van der Waals surface area contributed by atoms with Gasteiger partial charge in [0, 0.05) is 42.4 Å². The smallest absolute Gasteiger partial charge is 0.154 e. The number of benzene rings is 3. The van der Waals surface area contributed by atoms with Crippen molar-refractivity contribution in [1.29, 1.82) is 0 Å². The molecular formula is C20H20N4O2. The molecule has 0 atom stereocenters. The topological polar surface area (TPSA) is 94.4 Å². The van der Waals surface area contributed by atoms with E-state index in [0.717, 1.165) is 25.9 Å². The van der Waals surface area contributed by atoms with Crippen molar-refractivity contribution in [2.75, 3.05) is 25.9 Å². The summed E-state index contributed by atoms with van der Waals surface area (Å²) in [6, 6.07) is 8.99. The number of piperidine rings is 1. The highest BCUT2D eigenvalue weighted by Gasteiger charge is 2.35. The molecular weight excluding hydrogens is 328 g/mol. The maximum Gasteiger partial charge on any atom is 0.154 e. The Hall–Kier alpha value is -2.86. The zero-order valence-corrected chi connectivity index (χ0v) is 14.5. The number of likely N-dealkylation sites (tertiary alicyclic amines) is 1. The summed E-state index contributed by atoms with van der Waals surface area (Å²) in [6.07, 6.45) is 1.67. The van der Waals surface area contributed by atoms with Crippen molar-refractivity contribution >= 4 is 27.2 Å². The van der Waals surface area contributed by atoms with E-state index in [4.69, 9.17) is 15.7 Å². The Balaban J connectivity index is 1.91. The van der Waals surface area contributed by atoms with Crippen LogP contribution < -0.4 is 16.4 Å². The summed E-state index contributed by atoms with van der Waals surface area (Å²) in [5, 5.41) is 25.2. The quantitative estimate of drug-likeness (QED) is 0.327. The maximum absolute atomic E-state index is 11.0. The van der Waals surface area contributed by atoms with Gasteiger partial charge in [0.25, 0.3) is 0 Å². The van der Waals surface area contributed by atoms with E-state index in [2.05, 4.69) is 11.9 Å². The van der Waals surface area contributed by atoms with E-state index in [1.807, 2.05) is 12.1 Å². The summed E-state index contributed by atoms with van der Waals surface area (Å²) in [6.45, 7) is 1.85. The molecule has 0 bridgehead atoms. The van der Waals surface area contributed by atoms with Gasteiger partial charge in [0.1, 0.15) is 11.5 Å². The molecule has 2 aliphatic heterocycles.